The van der Waals surface area contributed by atoms with E-state index in [1.165, 1.54) is 18.0 Å². The third-order valence-electron chi connectivity index (χ3n) is 3.84. The van der Waals surface area contributed by atoms with Crippen LogP contribution in [0.25, 0.3) is 0 Å². The number of carbonyl (C=O) groups is 2. The van der Waals surface area contributed by atoms with E-state index in [0.29, 0.717) is 21.3 Å². The summed E-state index contributed by atoms with van der Waals surface area (Å²) in [6.07, 6.45) is 0. The lowest BCUT2D eigenvalue weighted by Gasteiger charge is -2.22. The molecule has 2 rings (SSSR count). The molecule has 0 radical (unpaired) electrons. The van der Waals surface area contributed by atoms with E-state index < -0.39 is 5.91 Å². The largest absolute Gasteiger partial charge is 0.335 e. The van der Waals surface area contributed by atoms with Crippen molar-refractivity contribution in [3.63, 3.8) is 0 Å². The maximum absolute atomic E-state index is 13.7. The van der Waals surface area contributed by atoms with Crippen LogP contribution in [0.1, 0.15) is 5.56 Å². The highest BCUT2D eigenvalue weighted by Gasteiger charge is 2.17. The number of rotatable bonds is 7. The summed E-state index contributed by atoms with van der Waals surface area (Å²) in [5.74, 6) is -1.01. The van der Waals surface area contributed by atoms with Gasteiger partial charge in [-0.05, 0) is 25.2 Å². The predicted molar refractivity (Wildman–Crippen MR) is 105 cm³/mol. The molecule has 2 amide bonds. The van der Waals surface area contributed by atoms with Gasteiger partial charge in [0.05, 0.1) is 28.8 Å². The molecule has 0 atom stereocenters. The van der Waals surface area contributed by atoms with Crippen LogP contribution >= 0.6 is 23.2 Å². The summed E-state index contributed by atoms with van der Waals surface area (Å²) >= 11 is 12.0. The number of benzene rings is 2. The van der Waals surface area contributed by atoms with Crippen molar-refractivity contribution in [3.05, 3.63) is 63.9 Å². The lowest BCUT2D eigenvalue weighted by molar-refractivity contribution is -0.134. The quantitative estimate of drug-likeness (QED) is 0.755. The first-order chi connectivity index (χ1) is 12.8. The summed E-state index contributed by atoms with van der Waals surface area (Å²) in [4.78, 5) is 27.4. The molecule has 5 nitrogen and oxygen atoms in total. The molecule has 0 saturated carbocycles. The van der Waals surface area contributed by atoms with Gasteiger partial charge < -0.3 is 10.2 Å². The molecule has 1 N–H and O–H groups in total. The number of hydrogen-bond donors (Lipinski definition) is 1. The molecule has 0 saturated heterocycles. The van der Waals surface area contributed by atoms with Gasteiger partial charge in [0.25, 0.3) is 0 Å². The number of carbonyl (C=O) groups excluding carboxylic acids is 2. The van der Waals surface area contributed by atoms with Gasteiger partial charge in [0.15, 0.2) is 0 Å². The molecule has 0 aromatic heterocycles. The SMILES string of the molecule is CN(CC(=O)N(C)CC(=O)Nc1c(Cl)cccc1Cl)Cc1ccccc1F. The van der Waals surface area contributed by atoms with E-state index in [-0.39, 0.29) is 31.4 Å². The van der Waals surface area contributed by atoms with Crippen LogP contribution in [0.5, 0.6) is 0 Å². The van der Waals surface area contributed by atoms with Gasteiger partial charge in [-0.25, -0.2) is 4.39 Å². The number of likely N-dealkylation sites (N-methyl/N-ethyl adjacent to an activating group) is 2. The summed E-state index contributed by atoms with van der Waals surface area (Å²) in [5.41, 5.74) is 0.810. The Hall–Kier alpha value is -2.15. The number of halogens is 3. The average Bonchev–Trinajstić information content (AvgIpc) is 2.60. The number of nitrogens with one attached hydrogen (secondary N) is 1. The molecule has 0 aliphatic carbocycles. The van der Waals surface area contributed by atoms with Crippen LogP contribution in [0.3, 0.4) is 0 Å². The Bertz CT molecular complexity index is 812. The Morgan fingerprint density at radius 1 is 1.00 bits per heavy atom. The van der Waals surface area contributed by atoms with Gasteiger partial charge in [0.1, 0.15) is 5.82 Å². The zero-order valence-electron chi connectivity index (χ0n) is 15.0. The van der Waals surface area contributed by atoms with Crippen molar-refractivity contribution in [1.29, 1.82) is 0 Å². The zero-order chi connectivity index (χ0) is 20.0. The molecule has 8 heteroatoms. The van der Waals surface area contributed by atoms with E-state index >= 15 is 0 Å². The second kappa shape index (κ2) is 9.69. The van der Waals surface area contributed by atoms with E-state index in [1.807, 2.05) is 0 Å². The number of para-hydroxylation sites is 1. The fraction of sp³-hybridized carbons (Fsp3) is 0.263. The Balaban J connectivity index is 1.87. The highest BCUT2D eigenvalue weighted by molar-refractivity contribution is 6.39. The average molecular weight is 412 g/mol. The van der Waals surface area contributed by atoms with Gasteiger partial charge in [-0.2, -0.15) is 0 Å². The highest BCUT2D eigenvalue weighted by atomic mass is 35.5. The first-order valence-corrected chi connectivity index (χ1v) is 8.93. The smallest absolute Gasteiger partial charge is 0.244 e. The molecule has 2 aromatic rings. The molecule has 0 fully saturated rings. The fourth-order valence-corrected chi connectivity index (χ4v) is 2.92. The molecule has 0 aliphatic rings. The monoisotopic (exact) mass is 411 g/mol. The first-order valence-electron chi connectivity index (χ1n) is 8.17. The van der Waals surface area contributed by atoms with Crippen molar-refractivity contribution in [1.82, 2.24) is 9.80 Å². The lowest BCUT2D eigenvalue weighted by Crippen LogP contribution is -2.40. The van der Waals surface area contributed by atoms with Gasteiger partial charge >= 0.3 is 0 Å². The van der Waals surface area contributed by atoms with E-state index in [0.717, 1.165) is 0 Å². The second-order valence-electron chi connectivity index (χ2n) is 6.16. The van der Waals surface area contributed by atoms with Crippen molar-refractivity contribution >= 4 is 40.7 Å². The van der Waals surface area contributed by atoms with Crippen LogP contribution in [0.15, 0.2) is 42.5 Å². The summed E-state index contributed by atoms with van der Waals surface area (Å²) in [7, 11) is 3.23. The summed E-state index contributed by atoms with van der Waals surface area (Å²) in [5, 5.41) is 3.23. The van der Waals surface area contributed by atoms with E-state index in [4.69, 9.17) is 23.2 Å². The molecule has 0 heterocycles. The standard InChI is InChI=1S/C19H20Cl2FN3O2/c1-24(10-13-6-3-4-9-16(13)22)12-18(27)25(2)11-17(26)23-19-14(20)7-5-8-15(19)21/h3-9H,10-12H2,1-2H3,(H,23,26). The Kier molecular flexibility index (Phi) is 7.59. The normalized spacial score (nSPS) is 10.7. The molecule has 27 heavy (non-hydrogen) atoms. The molecule has 0 unspecified atom stereocenters. The molecule has 144 valence electrons. The van der Waals surface area contributed by atoms with Crippen LogP contribution in [-0.2, 0) is 16.1 Å². The van der Waals surface area contributed by atoms with Gasteiger partial charge in [0, 0.05) is 19.2 Å². The third kappa shape index (κ3) is 6.20. The summed E-state index contributed by atoms with van der Waals surface area (Å²) < 4.78 is 13.7. The van der Waals surface area contributed by atoms with Gasteiger partial charge in [-0.15, -0.1) is 0 Å². The van der Waals surface area contributed by atoms with E-state index in [2.05, 4.69) is 5.32 Å². The van der Waals surface area contributed by atoms with Crippen LogP contribution in [0.4, 0.5) is 10.1 Å². The summed E-state index contributed by atoms with van der Waals surface area (Å²) in [6, 6.07) is 11.3. The molecule has 2 aromatic carbocycles. The van der Waals surface area contributed by atoms with Crippen molar-refractivity contribution in [2.75, 3.05) is 32.5 Å². The molecule has 0 aliphatic heterocycles. The molecular formula is C19H20Cl2FN3O2. The van der Waals surface area contributed by atoms with Crippen molar-refractivity contribution in [2.24, 2.45) is 0 Å². The Labute approximate surface area is 167 Å². The maximum Gasteiger partial charge on any atom is 0.244 e. The van der Waals surface area contributed by atoms with Crippen molar-refractivity contribution in [2.45, 2.75) is 6.54 Å². The minimum Gasteiger partial charge on any atom is -0.335 e. The topological polar surface area (TPSA) is 52.7 Å². The Morgan fingerprint density at radius 3 is 2.26 bits per heavy atom. The van der Waals surface area contributed by atoms with Crippen molar-refractivity contribution in [3.8, 4) is 0 Å². The first kappa shape index (κ1) is 21.2. The van der Waals surface area contributed by atoms with Gasteiger partial charge in [-0.3, -0.25) is 14.5 Å². The molecule has 0 bridgehead atoms. The highest BCUT2D eigenvalue weighted by Crippen LogP contribution is 2.29. The minimum absolute atomic E-state index is 0.0466. The maximum atomic E-state index is 13.7. The van der Waals surface area contributed by atoms with Crippen molar-refractivity contribution < 1.29 is 14.0 Å². The van der Waals surface area contributed by atoms with Crippen LogP contribution in [0, 0.1) is 5.82 Å². The second-order valence-corrected chi connectivity index (χ2v) is 6.97. The van der Waals surface area contributed by atoms with Gasteiger partial charge in [0.2, 0.25) is 11.8 Å². The number of anilines is 1. The number of hydrogen-bond acceptors (Lipinski definition) is 3. The van der Waals surface area contributed by atoms with Crippen LogP contribution in [0.2, 0.25) is 10.0 Å². The third-order valence-corrected chi connectivity index (χ3v) is 4.47. The van der Waals surface area contributed by atoms with Crippen LogP contribution < -0.4 is 5.32 Å². The fourth-order valence-electron chi connectivity index (χ4n) is 2.42. The van der Waals surface area contributed by atoms with Gasteiger partial charge in [-0.1, -0.05) is 47.5 Å². The molecule has 0 spiro atoms. The van der Waals surface area contributed by atoms with E-state index in [9.17, 15) is 14.0 Å². The predicted octanol–water partition coefficient (Wildman–Crippen LogP) is 3.66. The number of amides is 2. The minimum atomic E-state index is -0.419. The number of nitrogens with zero attached hydrogens (tertiary/aromatic N) is 2. The zero-order valence-corrected chi connectivity index (χ0v) is 16.5. The van der Waals surface area contributed by atoms with Crippen LogP contribution in [-0.4, -0.2) is 48.8 Å². The Morgan fingerprint density at radius 2 is 1.63 bits per heavy atom. The molecular weight excluding hydrogens is 392 g/mol. The lowest BCUT2D eigenvalue weighted by atomic mass is 10.2. The summed E-state index contributed by atoms with van der Waals surface area (Å²) in [6.45, 7) is 0.173. The van der Waals surface area contributed by atoms with E-state index in [1.54, 1.807) is 48.3 Å².